The molecule has 11 heteroatoms. The number of anilines is 1. The summed E-state index contributed by atoms with van der Waals surface area (Å²) in [4.78, 5) is 25.0. The summed E-state index contributed by atoms with van der Waals surface area (Å²) in [7, 11) is -2.73. The lowest BCUT2D eigenvalue weighted by Gasteiger charge is -2.22. The third-order valence-corrected chi connectivity index (χ3v) is 7.35. The number of hydrogen-bond donors (Lipinski definition) is 4. The summed E-state index contributed by atoms with van der Waals surface area (Å²) in [5.41, 5.74) is 4.46. The first-order chi connectivity index (χ1) is 19.6. The number of primary sulfonamides is 1. The molecule has 0 saturated carbocycles. The van der Waals surface area contributed by atoms with Crippen molar-refractivity contribution >= 4 is 33.7 Å². The van der Waals surface area contributed by atoms with Crippen LogP contribution in [0.15, 0.2) is 102 Å². The standard InChI is InChI=1S/C30H28N4O6S/c1-40-29(35)33-28(31)23-10-6-7-20(18-23)17-22-8-2-3-9-24(22)19-34(30(36)37)25-15-13-21(14-16-25)26-11-4-5-12-27(26)41(32,38)39/h2-16,18H,17,19H2,1H3,(H,36,37)(H2,31,33,35)(H2,32,38,39). The van der Waals surface area contributed by atoms with Gasteiger partial charge in [-0.05, 0) is 52.9 Å². The highest BCUT2D eigenvalue weighted by molar-refractivity contribution is 7.89. The Morgan fingerprint density at radius 2 is 1.59 bits per heavy atom. The molecule has 210 valence electrons. The van der Waals surface area contributed by atoms with Gasteiger partial charge in [0.2, 0.25) is 10.0 Å². The van der Waals surface area contributed by atoms with Crippen molar-refractivity contribution in [2.75, 3.05) is 12.0 Å². The number of amidine groups is 1. The van der Waals surface area contributed by atoms with Gasteiger partial charge in [-0.1, -0.05) is 72.8 Å². The Morgan fingerprint density at radius 3 is 2.24 bits per heavy atom. The lowest BCUT2D eigenvalue weighted by Crippen LogP contribution is -2.30. The normalized spacial score (nSPS) is 11.0. The van der Waals surface area contributed by atoms with Crippen LogP contribution in [0.5, 0.6) is 0 Å². The first-order valence-corrected chi connectivity index (χ1v) is 13.9. The molecule has 0 aliphatic carbocycles. The van der Waals surface area contributed by atoms with Gasteiger partial charge in [-0.15, -0.1) is 0 Å². The third-order valence-electron chi connectivity index (χ3n) is 6.38. The monoisotopic (exact) mass is 572 g/mol. The average molecular weight is 573 g/mol. The summed E-state index contributed by atoms with van der Waals surface area (Å²) in [5, 5.41) is 25.9. The molecule has 4 aromatic rings. The maximum absolute atomic E-state index is 12.3. The predicted molar refractivity (Wildman–Crippen MR) is 156 cm³/mol. The zero-order valence-corrected chi connectivity index (χ0v) is 22.9. The molecule has 4 rings (SSSR count). The van der Waals surface area contributed by atoms with Gasteiger partial charge in [0.15, 0.2) is 0 Å². The highest BCUT2D eigenvalue weighted by atomic mass is 32.2. The zero-order chi connectivity index (χ0) is 29.6. The Balaban J connectivity index is 1.58. The van der Waals surface area contributed by atoms with Crippen molar-refractivity contribution in [3.63, 3.8) is 0 Å². The molecule has 0 saturated heterocycles. The quantitative estimate of drug-likeness (QED) is 0.172. The van der Waals surface area contributed by atoms with Gasteiger partial charge in [0.05, 0.1) is 18.6 Å². The third kappa shape index (κ3) is 7.15. The van der Waals surface area contributed by atoms with Gasteiger partial charge in [0, 0.05) is 16.8 Å². The highest BCUT2D eigenvalue weighted by Crippen LogP contribution is 2.29. The van der Waals surface area contributed by atoms with E-state index in [-0.39, 0.29) is 17.3 Å². The van der Waals surface area contributed by atoms with E-state index in [4.69, 9.17) is 10.5 Å². The van der Waals surface area contributed by atoms with Gasteiger partial charge in [0.1, 0.15) is 5.84 Å². The largest absolute Gasteiger partial charge is 0.465 e. The lowest BCUT2D eigenvalue weighted by atomic mass is 9.98. The molecule has 0 unspecified atom stereocenters. The Morgan fingerprint density at radius 1 is 0.927 bits per heavy atom. The van der Waals surface area contributed by atoms with Crippen LogP contribution in [0.1, 0.15) is 22.3 Å². The summed E-state index contributed by atoms with van der Waals surface area (Å²) in [5.74, 6) is -0.0980. The van der Waals surface area contributed by atoms with Gasteiger partial charge >= 0.3 is 12.2 Å². The van der Waals surface area contributed by atoms with E-state index in [1.54, 1.807) is 60.7 Å². The summed E-state index contributed by atoms with van der Waals surface area (Å²) in [6, 6.07) is 27.5. The second kappa shape index (κ2) is 12.5. The van der Waals surface area contributed by atoms with E-state index >= 15 is 0 Å². The van der Waals surface area contributed by atoms with Crippen LogP contribution in [0, 0.1) is 5.41 Å². The van der Waals surface area contributed by atoms with Crippen molar-refractivity contribution in [2.45, 2.75) is 17.9 Å². The fourth-order valence-corrected chi connectivity index (χ4v) is 5.14. The van der Waals surface area contributed by atoms with E-state index in [0.717, 1.165) is 16.7 Å². The minimum atomic E-state index is -3.95. The van der Waals surface area contributed by atoms with Crippen LogP contribution >= 0.6 is 0 Å². The number of sulfonamides is 1. The van der Waals surface area contributed by atoms with E-state index in [9.17, 15) is 23.1 Å². The van der Waals surface area contributed by atoms with Gasteiger partial charge < -0.3 is 9.84 Å². The van der Waals surface area contributed by atoms with E-state index < -0.39 is 22.2 Å². The smallest absolute Gasteiger partial charge is 0.412 e. The van der Waals surface area contributed by atoms with Crippen molar-refractivity contribution in [3.05, 3.63) is 119 Å². The van der Waals surface area contributed by atoms with Gasteiger partial charge in [-0.3, -0.25) is 15.6 Å². The number of nitrogens with zero attached hydrogens (tertiary/aromatic N) is 1. The number of benzene rings is 4. The molecular weight excluding hydrogens is 544 g/mol. The van der Waals surface area contributed by atoms with Crippen LogP contribution in [-0.4, -0.2) is 38.7 Å². The molecule has 0 bridgehead atoms. The van der Waals surface area contributed by atoms with Crippen molar-refractivity contribution < 1.29 is 27.9 Å². The average Bonchev–Trinajstić information content (AvgIpc) is 2.96. The second-order valence-corrected chi connectivity index (χ2v) is 10.6. The molecular formula is C30H28N4O6S. The summed E-state index contributed by atoms with van der Waals surface area (Å²) in [6.45, 7) is 0.0675. The van der Waals surface area contributed by atoms with Crippen molar-refractivity contribution in [3.8, 4) is 11.1 Å². The maximum Gasteiger partial charge on any atom is 0.412 e. The Bertz CT molecular complexity index is 1700. The topological polar surface area (TPSA) is 163 Å². The number of ether oxygens (including phenoxy) is 1. The molecule has 0 aromatic heterocycles. The summed E-state index contributed by atoms with van der Waals surface area (Å²) in [6.07, 6.45) is -1.42. The van der Waals surface area contributed by atoms with E-state index in [2.05, 4.69) is 10.1 Å². The SMILES string of the molecule is COC(=O)NC(=N)c1cccc(Cc2ccccc2CN(C(=O)O)c2ccc(-c3ccccc3S(N)(=O)=O)cc2)c1. The summed E-state index contributed by atoms with van der Waals surface area (Å²) < 4.78 is 28.6. The molecule has 0 fully saturated rings. The highest BCUT2D eigenvalue weighted by Gasteiger charge is 2.19. The Kier molecular flexibility index (Phi) is 8.81. The molecule has 0 spiro atoms. The van der Waals surface area contributed by atoms with Crippen LogP contribution in [-0.2, 0) is 27.7 Å². The van der Waals surface area contributed by atoms with E-state index in [1.807, 2.05) is 30.3 Å². The number of alkyl carbamates (subject to hydrolysis) is 1. The van der Waals surface area contributed by atoms with Crippen LogP contribution < -0.4 is 15.4 Å². The second-order valence-electron chi connectivity index (χ2n) is 9.09. The fourth-order valence-electron chi connectivity index (χ4n) is 4.38. The van der Waals surface area contributed by atoms with Crippen LogP contribution in [0.3, 0.4) is 0 Å². The number of hydrogen-bond acceptors (Lipinski definition) is 6. The molecule has 10 nitrogen and oxygen atoms in total. The van der Waals surface area contributed by atoms with Crippen molar-refractivity contribution in [2.24, 2.45) is 5.14 Å². The van der Waals surface area contributed by atoms with Gasteiger partial charge in [0.25, 0.3) is 0 Å². The molecule has 5 N–H and O–H groups in total. The molecule has 0 atom stereocenters. The number of nitrogens with two attached hydrogens (primary N) is 1. The predicted octanol–water partition coefficient (Wildman–Crippen LogP) is 4.96. The van der Waals surface area contributed by atoms with Crippen LogP contribution in [0.2, 0.25) is 0 Å². The van der Waals surface area contributed by atoms with E-state index in [1.165, 1.54) is 18.1 Å². The molecule has 0 aliphatic heterocycles. The molecule has 0 radical (unpaired) electrons. The van der Waals surface area contributed by atoms with Crippen molar-refractivity contribution in [1.82, 2.24) is 5.32 Å². The fraction of sp³-hybridized carbons (Fsp3) is 0.100. The minimum absolute atomic E-state index is 0.0166. The maximum atomic E-state index is 12.3. The minimum Gasteiger partial charge on any atom is -0.465 e. The van der Waals surface area contributed by atoms with Crippen LogP contribution in [0.4, 0.5) is 15.3 Å². The molecule has 41 heavy (non-hydrogen) atoms. The zero-order valence-electron chi connectivity index (χ0n) is 22.1. The first kappa shape index (κ1) is 29.0. The number of carbonyl (C=O) groups is 2. The number of carboxylic acid groups (broad SMARTS) is 1. The van der Waals surface area contributed by atoms with Gasteiger partial charge in [-0.2, -0.15) is 0 Å². The summed E-state index contributed by atoms with van der Waals surface area (Å²) >= 11 is 0. The number of nitrogens with one attached hydrogen (secondary N) is 2. The molecule has 4 aromatic carbocycles. The lowest BCUT2D eigenvalue weighted by molar-refractivity contribution is 0.176. The Labute approximate surface area is 237 Å². The van der Waals surface area contributed by atoms with E-state index in [0.29, 0.717) is 28.8 Å². The van der Waals surface area contributed by atoms with Crippen LogP contribution in [0.25, 0.3) is 11.1 Å². The number of carbonyl (C=O) groups excluding carboxylic acids is 1. The number of amides is 2. The molecule has 0 aliphatic rings. The molecule has 0 heterocycles. The van der Waals surface area contributed by atoms with Gasteiger partial charge in [-0.25, -0.2) is 23.1 Å². The first-order valence-electron chi connectivity index (χ1n) is 12.4. The van der Waals surface area contributed by atoms with Crippen molar-refractivity contribution in [1.29, 1.82) is 5.41 Å². The molecule has 2 amide bonds. The number of methoxy groups -OCH3 is 1. The Hall–Kier alpha value is -5.00. The number of rotatable bonds is 8.